The number of aromatic nitrogens is 4. The molecule has 9 nitrogen and oxygen atoms in total. The van der Waals surface area contributed by atoms with Crippen molar-refractivity contribution in [1.82, 2.24) is 19.9 Å². The van der Waals surface area contributed by atoms with Crippen LogP contribution in [0.4, 0.5) is 36.3 Å². The van der Waals surface area contributed by atoms with E-state index in [0.29, 0.717) is 28.5 Å². The number of carbonyl (C=O) groups excluding carboxylic acids is 1. The number of amides is 1. The van der Waals surface area contributed by atoms with E-state index in [1.54, 1.807) is 24.4 Å². The maximum Gasteiger partial charge on any atom is 0.416 e. The van der Waals surface area contributed by atoms with Gasteiger partial charge in [-0.1, -0.05) is 6.07 Å². The van der Waals surface area contributed by atoms with Crippen LogP contribution in [-0.2, 0) is 6.18 Å². The lowest BCUT2D eigenvalue weighted by molar-refractivity contribution is -0.137. The van der Waals surface area contributed by atoms with E-state index in [1.165, 1.54) is 19.5 Å². The Kier molecular flexibility index (Phi) is 6.70. The molecule has 2 aromatic carbocycles. The zero-order chi connectivity index (χ0) is 26.9. The second-order valence-electron chi connectivity index (χ2n) is 8.84. The number of ether oxygens (including phenoxy) is 1. The summed E-state index contributed by atoms with van der Waals surface area (Å²) in [5.74, 6) is 0.556. The van der Waals surface area contributed by atoms with Crippen LogP contribution in [-0.4, -0.2) is 46.0 Å². The van der Waals surface area contributed by atoms with Gasteiger partial charge in [0.05, 0.1) is 24.6 Å². The summed E-state index contributed by atoms with van der Waals surface area (Å²) >= 11 is 0. The number of nitrogens with zero attached hydrogens (tertiary/aromatic N) is 5. The van der Waals surface area contributed by atoms with Gasteiger partial charge in [0.1, 0.15) is 23.1 Å². The van der Waals surface area contributed by atoms with Crippen molar-refractivity contribution in [3.8, 4) is 5.75 Å². The molecule has 12 heteroatoms. The van der Waals surface area contributed by atoms with Gasteiger partial charge in [-0.05, 0) is 55.7 Å². The minimum atomic E-state index is -4.56. The van der Waals surface area contributed by atoms with Gasteiger partial charge in [-0.3, -0.25) is 4.79 Å². The van der Waals surface area contributed by atoms with Gasteiger partial charge in [0, 0.05) is 24.3 Å². The molecule has 1 fully saturated rings. The highest BCUT2D eigenvalue weighted by molar-refractivity contribution is 6.06. The average molecular weight is 524 g/mol. The van der Waals surface area contributed by atoms with E-state index in [-0.39, 0.29) is 17.0 Å². The zero-order valence-electron chi connectivity index (χ0n) is 20.6. The number of aryl methyl sites for hydroxylation is 1. The predicted molar refractivity (Wildman–Crippen MR) is 137 cm³/mol. The van der Waals surface area contributed by atoms with Crippen LogP contribution in [0.2, 0.25) is 0 Å². The summed E-state index contributed by atoms with van der Waals surface area (Å²) in [5, 5.41) is 5.76. The van der Waals surface area contributed by atoms with E-state index in [1.807, 2.05) is 6.92 Å². The summed E-state index contributed by atoms with van der Waals surface area (Å²) in [6.07, 6.45) is 0.652. The lowest BCUT2D eigenvalue weighted by Gasteiger charge is -2.16. The van der Waals surface area contributed by atoms with E-state index in [0.717, 1.165) is 43.6 Å². The third kappa shape index (κ3) is 5.15. The second-order valence-corrected chi connectivity index (χ2v) is 8.84. The van der Waals surface area contributed by atoms with Crippen molar-refractivity contribution >= 4 is 40.1 Å². The number of hydrogen-bond acceptors (Lipinski definition) is 8. The molecular weight excluding hydrogens is 499 g/mol. The fourth-order valence-electron chi connectivity index (χ4n) is 4.21. The zero-order valence-corrected chi connectivity index (χ0v) is 20.6. The standard InChI is InChI=1S/C26H24F3N7O2/c1-15-5-6-16(24(37)34-19-12-17(26(27,28)29)7-8-21(19)38-2)11-18(15)33-23-22-20(31-14-32-23)13-30-25(35-22)36-9-3-4-10-36/h5-8,11-14H,3-4,9-10H2,1-2H3,(H,34,37)(H,31,32,33). The molecule has 1 aliphatic heterocycles. The molecule has 0 aliphatic carbocycles. The molecule has 1 amide bonds. The van der Waals surface area contributed by atoms with Gasteiger partial charge in [-0.25, -0.2) is 19.9 Å². The van der Waals surface area contributed by atoms with Gasteiger partial charge in [0.15, 0.2) is 5.82 Å². The van der Waals surface area contributed by atoms with Crippen molar-refractivity contribution in [1.29, 1.82) is 0 Å². The smallest absolute Gasteiger partial charge is 0.416 e. The van der Waals surface area contributed by atoms with Crippen molar-refractivity contribution in [2.45, 2.75) is 25.9 Å². The fraction of sp³-hybridized carbons (Fsp3) is 0.269. The Morgan fingerprint density at radius 2 is 1.82 bits per heavy atom. The Bertz CT molecular complexity index is 1500. The van der Waals surface area contributed by atoms with Gasteiger partial charge in [-0.2, -0.15) is 13.2 Å². The number of anilines is 4. The summed E-state index contributed by atoms with van der Waals surface area (Å²) in [4.78, 5) is 32.9. The van der Waals surface area contributed by atoms with Crippen LogP contribution < -0.4 is 20.3 Å². The Labute approximate surface area is 216 Å². The lowest BCUT2D eigenvalue weighted by atomic mass is 10.1. The summed E-state index contributed by atoms with van der Waals surface area (Å²) in [5.41, 5.74) is 1.74. The molecule has 5 rings (SSSR count). The van der Waals surface area contributed by atoms with E-state index >= 15 is 0 Å². The molecule has 1 saturated heterocycles. The topological polar surface area (TPSA) is 105 Å². The van der Waals surface area contributed by atoms with Crippen molar-refractivity contribution in [3.63, 3.8) is 0 Å². The Hall–Kier alpha value is -4.48. The summed E-state index contributed by atoms with van der Waals surface area (Å²) in [7, 11) is 1.32. The van der Waals surface area contributed by atoms with Crippen LogP contribution in [0.3, 0.4) is 0 Å². The van der Waals surface area contributed by atoms with Crippen LogP contribution in [0, 0.1) is 6.92 Å². The van der Waals surface area contributed by atoms with Gasteiger partial charge in [0.25, 0.3) is 5.91 Å². The number of fused-ring (bicyclic) bond motifs is 1. The van der Waals surface area contributed by atoms with Crippen molar-refractivity contribution in [3.05, 3.63) is 65.6 Å². The molecule has 2 aromatic heterocycles. The van der Waals surface area contributed by atoms with E-state index in [4.69, 9.17) is 4.74 Å². The van der Waals surface area contributed by atoms with E-state index < -0.39 is 17.6 Å². The summed E-state index contributed by atoms with van der Waals surface area (Å²) in [6.45, 7) is 3.62. The van der Waals surface area contributed by atoms with Gasteiger partial charge in [0.2, 0.25) is 5.95 Å². The van der Waals surface area contributed by atoms with E-state index in [9.17, 15) is 18.0 Å². The Morgan fingerprint density at radius 3 is 2.55 bits per heavy atom. The average Bonchev–Trinajstić information content (AvgIpc) is 3.44. The maximum absolute atomic E-state index is 13.2. The molecule has 3 heterocycles. The van der Waals surface area contributed by atoms with Gasteiger partial charge < -0.3 is 20.3 Å². The molecule has 4 aromatic rings. The largest absolute Gasteiger partial charge is 0.495 e. The maximum atomic E-state index is 13.2. The first-order valence-electron chi connectivity index (χ1n) is 11.9. The Balaban J connectivity index is 1.43. The van der Waals surface area contributed by atoms with Gasteiger partial charge >= 0.3 is 6.18 Å². The molecular formula is C26H24F3N7O2. The molecule has 0 atom stereocenters. The highest BCUT2D eigenvalue weighted by Gasteiger charge is 2.31. The first-order valence-corrected chi connectivity index (χ1v) is 11.9. The van der Waals surface area contributed by atoms with Crippen molar-refractivity contribution in [2.75, 3.05) is 35.7 Å². The molecule has 196 valence electrons. The first kappa shape index (κ1) is 25.2. The first-order chi connectivity index (χ1) is 18.2. The number of benzene rings is 2. The van der Waals surface area contributed by atoms with Crippen molar-refractivity contribution < 1.29 is 22.7 Å². The lowest BCUT2D eigenvalue weighted by Crippen LogP contribution is -2.20. The number of hydrogen-bond donors (Lipinski definition) is 2. The summed E-state index contributed by atoms with van der Waals surface area (Å²) < 4.78 is 44.8. The van der Waals surface area contributed by atoms with Crippen LogP contribution in [0.15, 0.2) is 48.9 Å². The number of rotatable bonds is 6. The van der Waals surface area contributed by atoms with E-state index in [2.05, 4.69) is 35.5 Å². The third-order valence-electron chi connectivity index (χ3n) is 6.28. The quantitative estimate of drug-likeness (QED) is 0.349. The summed E-state index contributed by atoms with van der Waals surface area (Å²) in [6, 6.07) is 7.82. The molecule has 1 aliphatic rings. The van der Waals surface area contributed by atoms with Crippen LogP contribution in [0.25, 0.3) is 11.0 Å². The normalized spacial score (nSPS) is 13.6. The number of alkyl halides is 3. The molecule has 0 bridgehead atoms. The van der Waals surface area contributed by atoms with Crippen molar-refractivity contribution in [2.24, 2.45) is 0 Å². The second kappa shape index (κ2) is 10.1. The van der Waals surface area contributed by atoms with Crippen LogP contribution >= 0.6 is 0 Å². The predicted octanol–water partition coefficient (Wildman–Crippen LogP) is 5.35. The highest BCUT2D eigenvalue weighted by Crippen LogP contribution is 2.35. The molecule has 0 saturated carbocycles. The number of halogens is 3. The third-order valence-corrected chi connectivity index (χ3v) is 6.28. The monoisotopic (exact) mass is 523 g/mol. The Morgan fingerprint density at radius 1 is 1.03 bits per heavy atom. The number of methoxy groups -OCH3 is 1. The number of nitrogens with one attached hydrogen (secondary N) is 2. The molecule has 0 unspecified atom stereocenters. The fourth-order valence-corrected chi connectivity index (χ4v) is 4.21. The van der Waals surface area contributed by atoms with Crippen LogP contribution in [0.1, 0.15) is 34.3 Å². The molecule has 0 radical (unpaired) electrons. The molecule has 38 heavy (non-hydrogen) atoms. The van der Waals surface area contributed by atoms with Crippen LogP contribution in [0.5, 0.6) is 5.75 Å². The number of carbonyl (C=O) groups is 1. The minimum Gasteiger partial charge on any atom is -0.495 e. The minimum absolute atomic E-state index is 0.0876. The molecule has 2 N–H and O–H groups in total. The highest BCUT2D eigenvalue weighted by atomic mass is 19.4. The SMILES string of the molecule is COc1ccc(C(F)(F)F)cc1NC(=O)c1ccc(C)c(Nc2ncnc3cnc(N4CCCC4)nc23)c1. The van der Waals surface area contributed by atoms with Gasteiger partial charge in [-0.15, -0.1) is 0 Å². The molecule has 0 spiro atoms.